The maximum Gasteiger partial charge on any atom is 0.404 e. The largest absolute Gasteiger partial charge is 0.441 e. The Hall–Kier alpha value is -2.11. The highest BCUT2D eigenvalue weighted by molar-refractivity contribution is 7.79. The minimum Gasteiger partial charge on any atom is -0.441 e. The van der Waals surface area contributed by atoms with Crippen molar-refractivity contribution in [3.8, 4) is 0 Å². The van der Waals surface area contributed by atoms with E-state index >= 15 is 0 Å². The van der Waals surface area contributed by atoms with Crippen LogP contribution in [0, 0.1) is 0 Å². The molecule has 15 atom stereocenters. The number of aliphatic hydroxyl groups excluding tert-OH is 7. The summed E-state index contributed by atoms with van der Waals surface area (Å²) >= 11 is 0. The maximum absolute atomic E-state index is 11.3. The second-order valence-electron chi connectivity index (χ2n) is 10.3. The van der Waals surface area contributed by atoms with Gasteiger partial charge in [-0.25, -0.2) is 9.79 Å². The summed E-state index contributed by atoms with van der Waals surface area (Å²) in [6.07, 6.45) is -20.8. The zero-order valence-corrected chi connectivity index (χ0v) is 24.6. The third-order valence-electron chi connectivity index (χ3n) is 7.42. The molecule has 2 aliphatic heterocycles. The van der Waals surface area contributed by atoms with Crippen molar-refractivity contribution in [3.63, 3.8) is 0 Å². The summed E-state index contributed by atoms with van der Waals surface area (Å²) in [7, 11) is -3.24. The number of carbonyl (C=O) groups excluding carboxylic acids is 1. The molecule has 17 N–H and O–H groups in total. The number of amides is 1. The third kappa shape index (κ3) is 9.25. The van der Waals surface area contributed by atoms with Crippen molar-refractivity contribution in [3.05, 3.63) is 0 Å². The first-order valence-electron chi connectivity index (χ1n) is 13.1. The molecular formula is C21H41N5O18S. The Bertz CT molecular complexity index is 1110. The number of primary amides is 1. The number of nitrogens with one attached hydrogen (secondary N) is 1. The summed E-state index contributed by atoms with van der Waals surface area (Å²) in [4.78, 5) is 15.1. The lowest BCUT2D eigenvalue weighted by Gasteiger charge is -2.46. The fourth-order valence-electron chi connectivity index (χ4n) is 5.10. The number of likely N-dealkylation sites (N-methyl/N-ethyl adjacent to an activating group) is 1. The predicted octanol–water partition coefficient (Wildman–Crippen LogP) is -8.20. The highest BCUT2D eigenvalue weighted by atomic mass is 32.3. The van der Waals surface area contributed by atoms with Gasteiger partial charge in [-0.3, -0.25) is 9.11 Å². The summed E-state index contributed by atoms with van der Waals surface area (Å²) in [6, 6.07) is -2.69. The topological polar surface area (TPSA) is 402 Å². The van der Waals surface area contributed by atoms with E-state index in [0.717, 1.165) is 0 Å². The molecule has 3 fully saturated rings. The third-order valence-corrected chi connectivity index (χ3v) is 7.42. The molecule has 0 spiro atoms. The molecule has 0 aromatic carbocycles. The predicted molar refractivity (Wildman–Crippen MR) is 143 cm³/mol. The average molecular weight is 684 g/mol. The molecule has 1 saturated carbocycles. The van der Waals surface area contributed by atoms with Crippen LogP contribution in [0.15, 0.2) is 4.99 Å². The summed E-state index contributed by atoms with van der Waals surface area (Å²) in [5.41, 5.74) is 13.8. The van der Waals surface area contributed by atoms with E-state index in [2.05, 4.69) is 10.3 Å². The lowest BCUT2D eigenvalue weighted by atomic mass is 9.83. The Balaban J connectivity index is 0.00000130. The standard InChI is InChI=1S/C21H39N5O14.H2O4S/c1-5-21(35,4-28)16(40-17-8(25-2)10(30)9(29)6(3-27)37-17)18(36-5)38-14-7(26-19(22)23)11(31)15(39-20(24)34)13(33)12(14)32;1-5(2,3)4/h5-18,25,27-33,35H,3-4H2,1-2H3,(H2,24,34)(H4,22,23,26);(H2,1,2,3,4)/t5-,6-,7-,8-,9-,10-,11-,12+,13+,14+,15+,16-,17-,18-,21+;/m0./s1. The molecule has 45 heavy (non-hydrogen) atoms. The van der Waals surface area contributed by atoms with Crippen LogP contribution >= 0.6 is 0 Å². The molecule has 264 valence electrons. The van der Waals surface area contributed by atoms with Crippen molar-refractivity contribution in [1.82, 2.24) is 5.32 Å². The first-order chi connectivity index (χ1) is 20.7. The van der Waals surface area contributed by atoms with Crippen molar-refractivity contribution >= 4 is 22.5 Å². The Labute approximate surface area is 255 Å². The van der Waals surface area contributed by atoms with E-state index < -0.39 is 127 Å². The second kappa shape index (κ2) is 15.7. The number of hydrogen-bond donors (Lipinski definition) is 14. The Kier molecular flexibility index (Phi) is 13.6. The molecule has 0 aromatic heterocycles. The number of carbonyl (C=O) groups is 1. The van der Waals surface area contributed by atoms with Gasteiger partial charge >= 0.3 is 16.5 Å². The zero-order chi connectivity index (χ0) is 34.6. The van der Waals surface area contributed by atoms with E-state index in [0.29, 0.717) is 0 Å². The van der Waals surface area contributed by atoms with Crippen molar-refractivity contribution in [2.75, 3.05) is 20.3 Å². The smallest absolute Gasteiger partial charge is 0.404 e. The molecule has 2 heterocycles. The molecule has 0 bridgehead atoms. The molecule has 0 aromatic rings. The molecule has 2 saturated heterocycles. The van der Waals surface area contributed by atoms with E-state index in [9.17, 15) is 45.6 Å². The van der Waals surface area contributed by atoms with Crippen LogP contribution < -0.4 is 22.5 Å². The van der Waals surface area contributed by atoms with Crippen molar-refractivity contribution in [2.45, 2.75) is 98.2 Å². The summed E-state index contributed by atoms with van der Waals surface area (Å²) in [6.45, 7) is -0.267. The molecule has 24 heteroatoms. The van der Waals surface area contributed by atoms with Crippen LogP contribution in [0.5, 0.6) is 0 Å². The van der Waals surface area contributed by atoms with Gasteiger partial charge in [-0.05, 0) is 14.0 Å². The van der Waals surface area contributed by atoms with Gasteiger partial charge in [0.25, 0.3) is 0 Å². The average Bonchev–Trinajstić information content (AvgIpc) is 3.16. The number of ether oxygens (including phenoxy) is 5. The van der Waals surface area contributed by atoms with Crippen LogP contribution in [-0.4, -0.2) is 182 Å². The van der Waals surface area contributed by atoms with Gasteiger partial charge in [-0.1, -0.05) is 0 Å². The van der Waals surface area contributed by atoms with Crippen molar-refractivity contribution < 1.29 is 86.9 Å². The van der Waals surface area contributed by atoms with E-state index in [-0.39, 0.29) is 0 Å². The number of nitrogens with two attached hydrogens (primary N) is 3. The quantitative estimate of drug-likeness (QED) is 0.0609. The molecule has 0 unspecified atom stereocenters. The van der Waals surface area contributed by atoms with Gasteiger partial charge in [0.15, 0.2) is 24.6 Å². The maximum atomic E-state index is 11.3. The molecule has 1 aliphatic carbocycles. The lowest BCUT2D eigenvalue weighted by Crippen LogP contribution is -2.67. The number of guanidine groups is 1. The highest BCUT2D eigenvalue weighted by Crippen LogP contribution is 2.39. The van der Waals surface area contributed by atoms with Gasteiger partial charge in [0.2, 0.25) is 0 Å². The monoisotopic (exact) mass is 683 g/mol. The van der Waals surface area contributed by atoms with Crippen LogP contribution in [0.2, 0.25) is 0 Å². The number of nitrogens with zero attached hydrogens (tertiary/aromatic N) is 1. The zero-order valence-electron chi connectivity index (χ0n) is 23.8. The molecule has 1 amide bonds. The van der Waals surface area contributed by atoms with Crippen LogP contribution in [0.25, 0.3) is 0 Å². The summed E-state index contributed by atoms with van der Waals surface area (Å²) < 4.78 is 59.3. The SMILES string of the molecule is CN[C@@H]1[C@H](O[C@H]2[C@H](O[C@H]3[C@H](O)[C@@H](O)[C@H](OC(N)=O)[C@@H](O)[C@@H]3N=C(N)N)O[C@@H](C)[C@]2(O)CO)O[C@@H](CO)[C@H](O)[C@H]1O.O=S(=O)(O)O. The molecular weight excluding hydrogens is 642 g/mol. The van der Waals surface area contributed by atoms with Gasteiger partial charge in [0.1, 0.15) is 60.5 Å². The number of hydrogen-bond acceptors (Lipinski definition) is 18. The Morgan fingerprint density at radius 1 is 0.911 bits per heavy atom. The van der Waals surface area contributed by atoms with E-state index in [1.807, 2.05) is 0 Å². The van der Waals surface area contributed by atoms with Crippen molar-refractivity contribution in [1.29, 1.82) is 0 Å². The fraction of sp³-hybridized carbons (Fsp3) is 0.905. The minimum atomic E-state index is -4.67. The summed E-state index contributed by atoms with van der Waals surface area (Å²) in [5, 5.41) is 86.5. The molecule has 3 aliphatic rings. The first-order valence-corrected chi connectivity index (χ1v) is 14.5. The van der Waals surface area contributed by atoms with Gasteiger partial charge in [0, 0.05) is 0 Å². The number of aliphatic imine (C=N–C) groups is 1. The van der Waals surface area contributed by atoms with Crippen LogP contribution in [0.3, 0.4) is 0 Å². The van der Waals surface area contributed by atoms with Gasteiger partial charge in [-0.15, -0.1) is 0 Å². The molecule has 23 nitrogen and oxygen atoms in total. The highest BCUT2D eigenvalue weighted by Gasteiger charge is 2.60. The van der Waals surface area contributed by atoms with Gasteiger partial charge < -0.3 is 87.1 Å². The van der Waals surface area contributed by atoms with Gasteiger partial charge in [-0.2, -0.15) is 8.42 Å². The van der Waals surface area contributed by atoms with Gasteiger partial charge in [0.05, 0.1) is 25.4 Å². The van der Waals surface area contributed by atoms with Crippen molar-refractivity contribution in [2.24, 2.45) is 22.2 Å². The Morgan fingerprint density at radius 3 is 1.93 bits per heavy atom. The normalized spacial score (nSPS) is 43.6. The van der Waals surface area contributed by atoms with E-state index in [1.54, 1.807) is 0 Å². The summed E-state index contributed by atoms with van der Waals surface area (Å²) in [5.74, 6) is -0.575. The number of rotatable bonds is 9. The number of aliphatic hydroxyl groups is 8. The van der Waals surface area contributed by atoms with Crippen LogP contribution in [-0.2, 0) is 34.1 Å². The molecule has 0 radical (unpaired) electrons. The Morgan fingerprint density at radius 2 is 1.47 bits per heavy atom. The lowest BCUT2D eigenvalue weighted by molar-refractivity contribution is -0.319. The molecule has 3 rings (SSSR count). The minimum absolute atomic E-state index is 0.575. The fourth-order valence-corrected chi connectivity index (χ4v) is 5.10. The van der Waals surface area contributed by atoms with Crippen LogP contribution in [0.4, 0.5) is 4.79 Å². The second-order valence-corrected chi connectivity index (χ2v) is 11.2. The van der Waals surface area contributed by atoms with Crippen LogP contribution in [0.1, 0.15) is 6.92 Å². The first kappa shape index (κ1) is 39.1. The van der Waals surface area contributed by atoms with E-state index in [4.69, 9.17) is 58.4 Å². The van der Waals surface area contributed by atoms with E-state index in [1.165, 1.54) is 14.0 Å².